The largest absolute Gasteiger partial charge is 0.346 e. The van der Waals surface area contributed by atoms with Gasteiger partial charge in [0.05, 0.1) is 11.7 Å². The Bertz CT molecular complexity index is 985. The number of hydrogen-bond acceptors (Lipinski definition) is 3. The van der Waals surface area contributed by atoms with Crippen molar-refractivity contribution < 1.29 is 13.2 Å². The van der Waals surface area contributed by atoms with Crippen LogP contribution in [0.25, 0.3) is 0 Å². The van der Waals surface area contributed by atoms with Crippen LogP contribution in [0.5, 0.6) is 0 Å². The monoisotopic (exact) mass is 415 g/mol. The third-order valence-electron chi connectivity index (χ3n) is 5.52. The molecule has 1 N–H and O–H groups in total. The molecule has 7 heteroatoms. The van der Waals surface area contributed by atoms with Crippen molar-refractivity contribution in [1.29, 1.82) is 0 Å². The number of fused-ring (bicyclic) bond motifs is 1. The maximum atomic E-state index is 12.7. The number of rotatable bonds is 6. The van der Waals surface area contributed by atoms with Crippen LogP contribution in [0.1, 0.15) is 52.9 Å². The smallest absolute Gasteiger partial charge is 0.303 e. The number of nitrogens with zero attached hydrogens (tertiary/aromatic N) is 2. The van der Waals surface area contributed by atoms with Gasteiger partial charge in [0.25, 0.3) is 5.91 Å². The normalized spacial score (nSPS) is 14.9. The zero-order chi connectivity index (χ0) is 21.2. The molecule has 0 fully saturated rings. The van der Waals surface area contributed by atoms with E-state index in [0.717, 1.165) is 22.7 Å². The van der Waals surface area contributed by atoms with E-state index in [1.165, 1.54) is 49.4 Å². The van der Waals surface area contributed by atoms with Crippen molar-refractivity contribution in [3.8, 4) is 0 Å². The number of nitrogens with one attached hydrogen (secondary N) is 1. The molecular weight excluding hydrogens is 386 g/mol. The maximum absolute atomic E-state index is 12.7. The van der Waals surface area contributed by atoms with Crippen LogP contribution < -0.4 is 9.62 Å². The molecule has 0 radical (unpaired) electrons. The van der Waals surface area contributed by atoms with Crippen molar-refractivity contribution in [2.75, 3.05) is 25.4 Å². The molecule has 0 saturated carbocycles. The molecule has 1 aliphatic carbocycles. The van der Waals surface area contributed by atoms with Gasteiger partial charge in [0, 0.05) is 26.7 Å². The van der Waals surface area contributed by atoms with Gasteiger partial charge in [-0.1, -0.05) is 18.2 Å². The highest BCUT2D eigenvalue weighted by Crippen LogP contribution is 2.25. The summed E-state index contributed by atoms with van der Waals surface area (Å²) < 4.78 is 26.8. The maximum Gasteiger partial charge on any atom is 0.303 e. The Labute approximate surface area is 173 Å². The lowest BCUT2D eigenvalue weighted by atomic mass is 9.89. The van der Waals surface area contributed by atoms with E-state index in [1.807, 2.05) is 6.92 Å². The minimum atomic E-state index is -3.56. The lowest BCUT2D eigenvalue weighted by molar-refractivity contribution is 0.0940. The van der Waals surface area contributed by atoms with Gasteiger partial charge in [0.2, 0.25) is 0 Å². The Kier molecular flexibility index (Phi) is 6.29. The molecule has 29 heavy (non-hydrogen) atoms. The zero-order valence-corrected chi connectivity index (χ0v) is 18.3. The molecule has 6 nitrogen and oxygen atoms in total. The van der Waals surface area contributed by atoms with Crippen LogP contribution in [0.2, 0.25) is 0 Å². The van der Waals surface area contributed by atoms with Crippen molar-refractivity contribution in [2.24, 2.45) is 0 Å². The summed E-state index contributed by atoms with van der Waals surface area (Å²) in [5.74, 6) is -0.181. The second-order valence-corrected chi connectivity index (χ2v) is 9.91. The second kappa shape index (κ2) is 8.55. The van der Waals surface area contributed by atoms with Gasteiger partial charge >= 0.3 is 10.2 Å². The van der Waals surface area contributed by atoms with Gasteiger partial charge in [-0.2, -0.15) is 12.7 Å². The van der Waals surface area contributed by atoms with Crippen LogP contribution in [0.4, 0.5) is 5.69 Å². The molecule has 1 amide bonds. The quantitative estimate of drug-likeness (QED) is 0.787. The molecule has 156 valence electrons. The first-order valence-electron chi connectivity index (χ1n) is 9.89. The van der Waals surface area contributed by atoms with Crippen molar-refractivity contribution in [3.05, 3.63) is 64.7 Å². The second-order valence-electron chi connectivity index (χ2n) is 7.73. The van der Waals surface area contributed by atoms with E-state index in [9.17, 15) is 13.2 Å². The Morgan fingerprint density at radius 2 is 1.59 bits per heavy atom. The number of amides is 1. The molecule has 0 saturated heterocycles. The molecular formula is C22H29N3O3S. The standard InChI is InChI=1S/C22H29N3O3S/c1-16(19-10-9-17-7-5-6-8-20(17)15-19)23-22(26)18-11-13-21(14-12-18)25(4)29(27,28)24(2)3/h9-16H,5-8H2,1-4H3,(H,23,26)/t16-/m0/s1. The first-order chi connectivity index (χ1) is 13.7. The summed E-state index contributed by atoms with van der Waals surface area (Å²) in [5, 5.41) is 3.04. The Morgan fingerprint density at radius 1 is 0.966 bits per heavy atom. The van der Waals surface area contributed by atoms with Gasteiger partial charge in [-0.15, -0.1) is 0 Å². The SMILES string of the molecule is C[C@H](NC(=O)c1ccc(N(C)S(=O)(=O)N(C)C)cc1)c1ccc2c(c1)CCCC2. The molecule has 0 unspecified atom stereocenters. The van der Waals surface area contributed by atoms with Crippen molar-refractivity contribution >= 4 is 21.8 Å². The third kappa shape index (κ3) is 4.62. The van der Waals surface area contributed by atoms with Crippen molar-refractivity contribution in [3.63, 3.8) is 0 Å². The number of carbonyl (C=O) groups is 1. The summed E-state index contributed by atoms with van der Waals surface area (Å²) in [4.78, 5) is 12.7. The van der Waals surface area contributed by atoms with Crippen LogP contribution in [0, 0.1) is 0 Å². The third-order valence-corrected chi connectivity index (χ3v) is 7.35. The average Bonchev–Trinajstić information content (AvgIpc) is 2.72. The molecule has 0 bridgehead atoms. The van der Waals surface area contributed by atoms with E-state index in [-0.39, 0.29) is 11.9 Å². The van der Waals surface area contributed by atoms with Gasteiger partial charge in [0.15, 0.2) is 0 Å². The predicted octanol–water partition coefficient (Wildman–Crippen LogP) is 3.30. The van der Waals surface area contributed by atoms with E-state index in [0.29, 0.717) is 11.3 Å². The fraction of sp³-hybridized carbons (Fsp3) is 0.409. The van der Waals surface area contributed by atoms with E-state index in [2.05, 4.69) is 23.5 Å². The van der Waals surface area contributed by atoms with Crippen LogP contribution in [0.3, 0.4) is 0 Å². The van der Waals surface area contributed by atoms with Crippen LogP contribution in [-0.2, 0) is 23.1 Å². The summed E-state index contributed by atoms with van der Waals surface area (Å²) in [6.45, 7) is 1.98. The summed E-state index contributed by atoms with van der Waals surface area (Å²) in [6.07, 6.45) is 4.72. The first-order valence-corrected chi connectivity index (χ1v) is 11.3. The molecule has 0 heterocycles. The lowest BCUT2D eigenvalue weighted by Crippen LogP contribution is -2.37. The molecule has 2 aromatic rings. The number of benzene rings is 2. The first kappa shape index (κ1) is 21.3. The van der Waals surface area contributed by atoms with Gasteiger partial charge in [-0.05, 0) is 73.6 Å². The average molecular weight is 416 g/mol. The molecule has 0 aromatic heterocycles. The highest BCUT2D eigenvalue weighted by molar-refractivity contribution is 7.90. The minimum Gasteiger partial charge on any atom is -0.346 e. The molecule has 1 atom stereocenters. The topological polar surface area (TPSA) is 69.7 Å². The summed E-state index contributed by atoms with van der Waals surface area (Å²) in [6, 6.07) is 13.0. The van der Waals surface area contributed by atoms with Crippen LogP contribution in [-0.4, -0.2) is 39.8 Å². The number of carbonyl (C=O) groups excluding carboxylic acids is 1. The molecule has 0 aliphatic heterocycles. The number of anilines is 1. The van der Waals surface area contributed by atoms with Gasteiger partial charge in [-0.25, -0.2) is 0 Å². The molecule has 3 rings (SSSR count). The minimum absolute atomic E-state index is 0.105. The van der Waals surface area contributed by atoms with Crippen LogP contribution in [0.15, 0.2) is 42.5 Å². The zero-order valence-electron chi connectivity index (χ0n) is 17.5. The Morgan fingerprint density at radius 3 is 2.21 bits per heavy atom. The highest BCUT2D eigenvalue weighted by Gasteiger charge is 2.21. The summed E-state index contributed by atoms with van der Waals surface area (Å²) in [5.41, 5.74) is 4.91. The molecule has 1 aliphatic rings. The van der Waals surface area contributed by atoms with Gasteiger partial charge in [-0.3, -0.25) is 9.10 Å². The van der Waals surface area contributed by atoms with E-state index in [4.69, 9.17) is 0 Å². The fourth-order valence-corrected chi connectivity index (χ4v) is 4.46. The molecule has 2 aromatic carbocycles. The highest BCUT2D eigenvalue weighted by atomic mass is 32.2. The summed E-state index contributed by atoms with van der Waals surface area (Å²) in [7, 11) is 0.893. The van der Waals surface area contributed by atoms with E-state index >= 15 is 0 Å². The Hall–Kier alpha value is -2.38. The number of hydrogen-bond donors (Lipinski definition) is 1. The lowest BCUT2D eigenvalue weighted by Gasteiger charge is -2.23. The van der Waals surface area contributed by atoms with Gasteiger partial charge < -0.3 is 5.32 Å². The predicted molar refractivity (Wildman–Crippen MR) is 116 cm³/mol. The van der Waals surface area contributed by atoms with E-state index < -0.39 is 10.2 Å². The molecule has 0 spiro atoms. The van der Waals surface area contributed by atoms with E-state index in [1.54, 1.807) is 24.3 Å². The Balaban J connectivity index is 1.69. The summed E-state index contributed by atoms with van der Waals surface area (Å²) >= 11 is 0. The van der Waals surface area contributed by atoms with Crippen molar-refractivity contribution in [2.45, 2.75) is 38.6 Å². The van der Waals surface area contributed by atoms with Gasteiger partial charge in [0.1, 0.15) is 0 Å². The van der Waals surface area contributed by atoms with Crippen molar-refractivity contribution in [1.82, 2.24) is 9.62 Å². The van der Waals surface area contributed by atoms with Crippen LogP contribution >= 0.6 is 0 Å². The fourth-order valence-electron chi connectivity index (χ4n) is 3.59. The number of aryl methyl sites for hydroxylation is 2.